The van der Waals surface area contributed by atoms with Gasteiger partial charge in [-0.2, -0.15) is 0 Å². The maximum Gasteiger partial charge on any atom is 0.403 e. The van der Waals surface area contributed by atoms with Gasteiger partial charge >= 0.3 is 11.6 Å². The van der Waals surface area contributed by atoms with Crippen LogP contribution >= 0.6 is 17.0 Å². The number of halogens is 1. The lowest BCUT2D eigenvalue weighted by atomic mass is 10.5. The van der Waals surface area contributed by atoms with Gasteiger partial charge in [0.1, 0.15) is 0 Å². The van der Waals surface area contributed by atoms with E-state index in [1.54, 1.807) is 29.1 Å². The van der Waals surface area contributed by atoms with Gasteiger partial charge in [-0.1, -0.05) is 6.07 Å². The van der Waals surface area contributed by atoms with E-state index in [4.69, 9.17) is 0 Å². The molecule has 0 aromatic carbocycles. The van der Waals surface area contributed by atoms with Gasteiger partial charge < -0.3 is 9.90 Å². The lowest BCUT2D eigenvalue weighted by Crippen LogP contribution is -2.43. The van der Waals surface area contributed by atoms with Gasteiger partial charge in [0.05, 0.1) is 24.9 Å². The highest BCUT2D eigenvalue weighted by Gasteiger charge is 2.22. The first-order valence-electron chi connectivity index (χ1n) is 6.35. The normalized spacial score (nSPS) is 10.5. The van der Waals surface area contributed by atoms with Crippen LogP contribution in [0.3, 0.4) is 0 Å². The number of aryl methyl sites for hydroxylation is 1. The Morgan fingerprint density at radius 3 is 2.57 bits per heavy atom. The molecule has 0 aliphatic rings. The van der Waals surface area contributed by atoms with Crippen molar-refractivity contribution in [1.29, 1.82) is 0 Å². The van der Waals surface area contributed by atoms with Gasteiger partial charge in [-0.3, -0.25) is 13.9 Å². The second kappa shape index (κ2) is 6.16. The molecule has 0 saturated carbocycles. The summed E-state index contributed by atoms with van der Waals surface area (Å²) in [5, 5.41) is 10.7. The van der Waals surface area contributed by atoms with Gasteiger partial charge in [-0.15, -0.1) is 17.0 Å². The predicted octanol–water partition coefficient (Wildman–Crippen LogP) is -1.97. The van der Waals surface area contributed by atoms with Crippen LogP contribution in [0.15, 0.2) is 40.2 Å². The van der Waals surface area contributed by atoms with Crippen molar-refractivity contribution in [3.63, 3.8) is 0 Å². The van der Waals surface area contributed by atoms with E-state index in [0.717, 1.165) is 4.57 Å². The summed E-state index contributed by atoms with van der Waals surface area (Å²) in [6, 6.07) is 5.38. The summed E-state index contributed by atoms with van der Waals surface area (Å²) >= 11 is 0. The Bertz CT molecular complexity index is 989. The standard InChI is InChI=1S/C13H11N5O4.BrH/c1-16-10-9(11(21)18(13(16)22)7-8(19)20)14-12(15-10)17-5-3-2-4-6-17;/h2-6H,7H2,1H3,(H-,14,15,19,20,21);1H. The number of imidazole rings is 1. The van der Waals surface area contributed by atoms with Gasteiger partial charge in [0.2, 0.25) is 5.52 Å². The summed E-state index contributed by atoms with van der Waals surface area (Å²) in [4.78, 5) is 42.0. The Morgan fingerprint density at radius 1 is 1.30 bits per heavy atom. The number of pyridine rings is 1. The first kappa shape index (κ1) is 16.6. The molecule has 0 fully saturated rings. The van der Waals surface area contributed by atoms with Crippen molar-refractivity contribution in [2.75, 3.05) is 0 Å². The molecule has 0 aliphatic heterocycles. The number of aliphatic carboxylic acids is 1. The number of nitrogens with zero attached hydrogens (tertiary/aromatic N) is 4. The molecule has 23 heavy (non-hydrogen) atoms. The molecule has 0 spiro atoms. The topological polar surface area (TPSA) is 117 Å². The van der Waals surface area contributed by atoms with Crippen LogP contribution in [0, 0.1) is 0 Å². The Hall–Kier alpha value is -2.75. The van der Waals surface area contributed by atoms with E-state index in [1.807, 2.05) is 6.07 Å². The maximum absolute atomic E-state index is 12.3. The fourth-order valence-electron chi connectivity index (χ4n) is 2.17. The third kappa shape index (κ3) is 2.80. The highest BCUT2D eigenvalue weighted by Crippen LogP contribution is 2.04. The molecule has 3 heterocycles. The van der Waals surface area contributed by atoms with Gasteiger partial charge in [-0.25, -0.2) is 14.3 Å². The summed E-state index contributed by atoms with van der Waals surface area (Å²) in [7, 11) is 1.41. The summed E-state index contributed by atoms with van der Waals surface area (Å²) in [6.45, 7) is -0.811. The predicted molar refractivity (Wildman–Crippen MR) is 82.5 cm³/mol. The lowest BCUT2D eigenvalue weighted by Gasteiger charge is -2.06. The lowest BCUT2D eigenvalue weighted by molar-refractivity contribution is -0.603. The number of rotatable bonds is 3. The Morgan fingerprint density at radius 2 is 1.96 bits per heavy atom. The quantitative estimate of drug-likeness (QED) is 0.528. The summed E-state index contributed by atoms with van der Waals surface area (Å²) < 4.78 is 3.34. The number of nitrogens with one attached hydrogen (secondary N) is 1. The SMILES string of the molecule is Br.Cn1c(=O)n(CC(=O)[O-])c(=O)c2[nH]c(-[n+]3ccccc3)nc21. The molecule has 0 saturated heterocycles. The molecule has 3 aromatic rings. The van der Waals surface area contributed by atoms with Crippen LogP contribution in [0.5, 0.6) is 0 Å². The first-order valence-corrected chi connectivity index (χ1v) is 6.35. The summed E-state index contributed by atoms with van der Waals surface area (Å²) in [6.07, 6.45) is 3.44. The molecule has 0 amide bonds. The summed E-state index contributed by atoms with van der Waals surface area (Å²) in [5.41, 5.74) is -1.32. The average molecular weight is 382 g/mol. The highest BCUT2D eigenvalue weighted by molar-refractivity contribution is 8.93. The number of H-pyrrole nitrogens is 1. The first-order chi connectivity index (χ1) is 10.5. The number of carbonyl (C=O) groups is 1. The zero-order chi connectivity index (χ0) is 15.9. The highest BCUT2D eigenvalue weighted by atomic mass is 79.9. The van der Waals surface area contributed by atoms with E-state index in [9.17, 15) is 19.5 Å². The third-order valence-corrected chi connectivity index (χ3v) is 3.21. The second-order valence-corrected chi connectivity index (χ2v) is 4.65. The van der Waals surface area contributed by atoms with Crippen molar-refractivity contribution in [2.24, 2.45) is 7.05 Å². The molecule has 10 heteroatoms. The minimum atomic E-state index is -1.52. The third-order valence-electron chi connectivity index (χ3n) is 3.21. The number of aromatic amines is 1. The van der Waals surface area contributed by atoms with E-state index in [-0.39, 0.29) is 28.1 Å². The zero-order valence-corrected chi connectivity index (χ0v) is 13.6. The van der Waals surface area contributed by atoms with Crippen LogP contribution in [-0.4, -0.2) is 25.1 Å². The molecule has 0 atom stereocenters. The van der Waals surface area contributed by atoms with Gasteiger partial charge in [0.25, 0.3) is 11.2 Å². The number of fused-ring (bicyclic) bond motifs is 1. The number of carboxylic acid groups (broad SMARTS) is 1. The zero-order valence-electron chi connectivity index (χ0n) is 11.9. The molecule has 0 bridgehead atoms. The Balaban J connectivity index is 0.00000192. The van der Waals surface area contributed by atoms with E-state index in [2.05, 4.69) is 9.97 Å². The van der Waals surface area contributed by atoms with E-state index in [0.29, 0.717) is 10.5 Å². The minimum absolute atomic E-state index is 0. The van der Waals surface area contributed by atoms with Crippen LogP contribution < -0.4 is 20.9 Å². The number of carbonyl (C=O) groups excluding carboxylic acids is 1. The van der Waals surface area contributed by atoms with Crippen LogP contribution in [0.25, 0.3) is 17.1 Å². The van der Waals surface area contributed by atoms with Crippen molar-refractivity contribution in [2.45, 2.75) is 6.54 Å². The van der Waals surface area contributed by atoms with Crippen LogP contribution in [0.4, 0.5) is 0 Å². The van der Waals surface area contributed by atoms with Crippen molar-refractivity contribution in [1.82, 2.24) is 19.1 Å². The minimum Gasteiger partial charge on any atom is -0.548 e. The molecule has 0 radical (unpaired) electrons. The van der Waals surface area contributed by atoms with E-state index in [1.165, 1.54) is 7.05 Å². The van der Waals surface area contributed by atoms with E-state index < -0.39 is 23.8 Å². The van der Waals surface area contributed by atoms with Gasteiger partial charge in [-0.05, 0) is 17.1 Å². The van der Waals surface area contributed by atoms with Gasteiger partial charge in [0.15, 0.2) is 0 Å². The molecule has 1 N–H and O–H groups in total. The molecular weight excluding hydrogens is 370 g/mol. The molecule has 0 unspecified atom stereocenters. The number of aromatic nitrogens is 5. The molecular formula is C13H12BrN5O4. The van der Waals surface area contributed by atoms with E-state index >= 15 is 0 Å². The smallest absolute Gasteiger partial charge is 0.403 e. The average Bonchev–Trinajstić information content (AvgIpc) is 2.96. The summed E-state index contributed by atoms with van der Waals surface area (Å²) in [5.74, 6) is -1.18. The molecule has 9 nitrogen and oxygen atoms in total. The number of hydrogen-bond acceptors (Lipinski definition) is 5. The number of hydrogen-bond donors (Lipinski definition) is 1. The maximum atomic E-state index is 12.3. The van der Waals surface area contributed by atoms with Crippen LogP contribution in [-0.2, 0) is 18.4 Å². The van der Waals surface area contributed by atoms with Crippen LogP contribution in [0.2, 0.25) is 0 Å². The molecule has 120 valence electrons. The Labute approximate surface area is 139 Å². The van der Waals surface area contributed by atoms with Crippen LogP contribution in [0.1, 0.15) is 0 Å². The molecule has 3 aromatic heterocycles. The molecule has 0 aliphatic carbocycles. The largest absolute Gasteiger partial charge is 0.548 e. The van der Waals surface area contributed by atoms with Crippen molar-refractivity contribution in [3.8, 4) is 5.95 Å². The second-order valence-electron chi connectivity index (χ2n) is 4.65. The fourth-order valence-corrected chi connectivity index (χ4v) is 2.17. The van der Waals surface area contributed by atoms with Crippen molar-refractivity contribution >= 4 is 34.1 Å². The van der Waals surface area contributed by atoms with Gasteiger partial charge in [0, 0.05) is 7.05 Å². The van der Waals surface area contributed by atoms with Crippen molar-refractivity contribution < 1.29 is 14.5 Å². The Kier molecular flexibility index (Phi) is 4.45. The number of carboxylic acids is 1. The fraction of sp³-hybridized carbons (Fsp3) is 0.154. The molecule has 3 rings (SSSR count). The van der Waals surface area contributed by atoms with Crippen molar-refractivity contribution in [3.05, 3.63) is 51.4 Å². The monoisotopic (exact) mass is 381 g/mol.